The van der Waals surface area contributed by atoms with E-state index in [0.717, 1.165) is 22.6 Å². The van der Waals surface area contributed by atoms with Gasteiger partial charge >= 0.3 is 0 Å². The summed E-state index contributed by atoms with van der Waals surface area (Å²) in [5, 5.41) is 1.71. The maximum Gasteiger partial charge on any atom is 0.262 e. The van der Waals surface area contributed by atoms with Gasteiger partial charge in [-0.05, 0) is 42.3 Å². The smallest absolute Gasteiger partial charge is 0.262 e. The first kappa shape index (κ1) is 20.3. The lowest BCUT2D eigenvalue weighted by Gasteiger charge is -2.28. The highest BCUT2D eigenvalue weighted by Gasteiger charge is 2.59. The molecule has 0 N–H and O–H groups in total. The second-order valence-corrected chi connectivity index (χ2v) is 7.91. The van der Waals surface area contributed by atoms with E-state index in [1.165, 1.54) is 4.90 Å². The number of ether oxygens (including phenoxy) is 1. The molecule has 3 aromatic carbocycles. The average Bonchev–Trinajstić information content (AvgIpc) is 3.33. The first-order valence-electron chi connectivity index (χ1n) is 10.8. The van der Waals surface area contributed by atoms with Crippen molar-refractivity contribution < 1.29 is 19.2 Å². The van der Waals surface area contributed by atoms with Crippen LogP contribution in [0.5, 0.6) is 5.75 Å². The second-order valence-electron chi connectivity index (χ2n) is 7.91. The Kier molecular flexibility index (Phi) is 5.37. The first-order chi connectivity index (χ1) is 15.7. The quantitative estimate of drug-likeness (QED) is 0.553. The highest BCUT2D eigenvalue weighted by Crippen LogP contribution is 2.47. The first-order valence-corrected chi connectivity index (χ1v) is 10.8. The van der Waals surface area contributed by atoms with Crippen LogP contribution in [0, 0.1) is 5.92 Å². The molecule has 162 valence electrons. The predicted molar refractivity (Wildman–Crippen MR) is 120 cm³/mol. The Morgan fingerprint density at radius 3 is 2.16 bits per heavy atom. The Labute approximate surface area is 186 Å². The van der Waals surface area contributed by atoms with Crippen molar-refractivity contribution in [1.82, 2.24) is 4.90 Å². The van der Waals surface area contributed by atoms with Gasteiger partial charge < -0.3 is 4.74 Å². The minimum atomic E-state index is -0.844. The number of fused-ring (bicyclic) bond motifs is 1. The van der Waals surface area contributed by atoms with Gasteiger partial charge in [-0.2, -0.15) is 0 Å². The average molecular weight is 428 g/mol. The van der Waals surface area contributed by atoms with E-state index in [1.807, 2.05) is 91.9 Å². The number of anilines is 1. The fourth-order valence-corrected chi connectivity index (χ4v) is 4.46. The molecule has 3 atom stereocenters. The molecule has 0 spiro atoms. The molecule has 2 saturated heterocycles. The number of nitrogens with zero attached hydrogens (tertiary/aromatic N) is 2. The third kappa shape index (κ3) is 3.52. The minimum Gasteiger partial charge on any atom is -0.494 e. The summed E-state index contributed by atoms with van der Waals surface area (Å²) in [7, 11) is 0. The zero-order valence-electron chi connectivity index (χ0n) is 17.8. The van der Waals surface area contributed by atoms with Crippen LogP contribution < -0.4 is 9.80 Å². The van der Waals surface area contributed by atoms with E-state index >= 15 is 0 Å². The third-order valence-electron chi connectivity index (χ3n) is 5.93. The van der Waals surface area contributed by atoms with E-state index in [-0.39, 0.29) is 18.4 Å². The summed E-state index contributed by atoms with van der Waals surface area (Å²) in [4.78, 5) is 34.2. The number of amides is 2. The van der Waals surface area contributed by atoms with E-state index < -0.39 is 18.1 Å². The van der Waals surface area contributed by atoms with Gasteiger partial charge in [0.15, 0.2) is 6.10 Å². The molecule has 0 aliphatic carbocycles. The summed E-state index contributed by atoms with van der Waals surface area (Å²) >= 11 is 0. The Morgan fingerprint density at radius 2 is 1.50 bits per heavy atom. The van der Waals surface area contributed by atoms with Crippen molar-refractivity contribution in [2.24, 2.45) is 5.92 Å². The molecule has 0 bridgehead atoms. The molecule has 0 aromatic heterocycles. The zero-order chi connectivity index (χ0) is 22.1. The van der Waals surface area contributed by atoms with Gasteiger partial charge in [0.1, 0.15) is 11.7 Å². The largest absolute Gasteiger partial charge is 0.494 e. The van der Waals surface area contributed by atoms with E-state index in [9.17, 15) is 9.59 Å². The Morgan fingerprint density at radius 1 is 0.844 bits per heavy atom. The number of para-hydroxylation sites is 1. The number of rotatable bonds is 6. The number of benzene rings is 3. The summed E-state index contributed by atoms with van der Waals surface area (Å²) in [5.74, 6) is -0.360. The zero-order valence-corrected chi connectivity index (χ0v) is 17.8. The van der Waals surface area contributed by atoms with E-state index in [0.29, 0.717) is 6.61 Å². The summed E-state index contributed by atoms with van der Waals surface area (Å²) < 4.78 is 5.57. The predicted octanol–water partition coefficient (Wildman–Crippen LogP) is 4.13. The number of hydrogen-bond acceptors (Lipinski definition) is 5. The lowest BCUT2D eigenvalue weighted by molar-refractivity contribution is -0.143. The number of hydrogen-bond donors (Lipinski definition) is 0. The molecule has 2 amide bonds. The van der Waals surface area contributed by atoms with Crippen LogP contribution in [0.15, 0.2) is 84.9 Å². The van der Waals surface area contributed by atoms with Gasteiger partial charge in [0.2, 0.25) is 5.91 Å². The molecule has 0 radical (unpaired) electrons. The lowest BCUT2D eigenvalue weighted by Crippen LogP contribution is -2.36. The van der Waals surface area contributed by atoms with Crippen LogP contribution in [0.4, 0.5) is 5.69 Å². The summed E-state index contributed by atoms with van der Waals surface area (Å²) in [6.45, 7) is 2.76. The number of carbonyl (C=O) groups is 2. The van der Waals surface area contributed by atoms with Crippen LogP contribution >= 0.6 is 0 Å². The van der Waals surface area contributed by atoms with Gasteiger partial charge in [-0.1, -0.05) is 60.7 Å². The molecule has 6 nitrogen and oxygen atoms in total. The molecule has 2 aliphatic rings. The monoisotopic (exact) mass is 428 g/mol. The van der Waals surface area contributed by atoms with Crippen LogP contribution in [0.25, 0.3) is 0 Å². The normalized spacial score (nSPS) is 22.3. The Hall–Kier alpha value is -3.64. The highest BCUT2D eigenvalue weighted by molar-refractivity contribution is 6.07. The van der Waals surface area contributed by atoms with E-state index in [4.69, 9.17) is 9.57 Å². The van der Waals surface area contributed by atoms with Crippen molar-refractivity contribution in [1.29, 1.82) is 0 Å². The van der Waals surface area contributed by atoms with Gasteiger partial charge in [-0.3, -0.25) is 19.3 Å². The Bertz CT molecular complexity index is 1100. The fraction of sp³-hybridized carbons (Fsp3) is 0.231. The molecule has 0 unspecified atom stereocenters. The van der Waals surface area contributed by atoms with Crippen molar-refractivity contribution in [2.45, 2.75) is 25.6 Å². The van der Waals surface area contributed by atoms with Gasteiger partial charge in [0.05, 0.1) is 24.9 Å². The maximum atomic E-state index is 13.5. The van der Waals surface area contributed by atoms with Gasteiger partial charge in [-0.25, -0.2) is 5.06 Å². The Balaban J connectivity index is 1.50. The molecular weight excluding hydrogens is 404 g/mol. The maximum absolute atomic E-state index is 13.5. The van der Waals surface area contributed by atoms with Crippen molar-refractivity contribution in [3.8, 4) is 5.75 Å². The number of carbonyl (C=O) groups excluding carboxylic acids is 2. The summed E-state index contributed by atoms with van der Waals surface area (Å²) in [5.41, 5.74) is 2.61. The SMILES string of the molecule is CCOc1ccc([C@H]2[C@H]3C(=O)N(Cc4ccccc4)C(=O)[C@H]3ON2c2ccccc2)cc1. The number of imide groups is 1. The number of hydroxylamine groups is 1. The van der Waals surface area contributed by atoms with Gasteiger partial charge in [-0.15, -0.1) is 0 Å². The van der Waals surface area contributed by atoms with E-state index in [2.05, 4.69) is 0 Å². The van der Waals surface area contributed by atoms with Gasteiger partial charge in [0.25, 0.3) is 5.91 Å². The van der Waals surface area contributed by atoms with Crippen LogP contribution in [0.1, 0.15) is 24.1 Å². The second kappa shape index (κ2) is 8.48. The lowest BCUT2D eigenvalue weighted by atomic mass is 9.90. The summed E-state index contributed by atoms with van der Waals surface area (Å²) in [6, 6.07) is 26.3. The van der Waals surface area contributed by atoms with Crippen molar-refractivity contribution in [2.75, 3.05) is 11.7 Å². The van der Waals surface area contributed by atoms with Crippen LogP contribution in [0.3, 0.4) is 0 Å². The van der Waals surface area contributed by atoms with Crippen molar-refractivity contribution >= 4 is 17.5 Å². The van der Waals surface area contributed by atoms with Gasteiger partial charge in [0, 0.05) is 0 Å². The molecule has 32 heavy (non-hydrogen) atoms. The standard InChI is InChI=1S/C26H24N2O4/c1-2-31-21-15-13-19(14-16-21)23-22-24(32-28(23)20-11-7-4-8-12-20)26(30)27(25(22)29)17-18-9-5-3-6-10-18/h3-16,22-24H,2,17H2,1H3/t22-,23+,24+/m1/s1. The van der Waals surface area contributed by atoms with Crippen LogP contribution in [-0.4, -0.2) is 29.4 Å². The molecule has 5 rings (SSSR count). The minimum absolute atomic E-state index is 0.207. The third-order valence-corrected chi connectivity index (χ3v) is 5.93. The number of likely N-dealkylation sites (tertiary alicyclic amines) is 1. The van der Waals surface area contributed by atoms with Crippen molar-refractivity contribution in [3.05, 3.63) is 96.1 Å². The van der Waals surface area contributed by atoms with E-state index in [1.54, 1.807) is 5.06 Å². The highest BCUT2D eigenvalue weighted by atomic mass is 16.7. The molecule has 0 saturated carbocycles. The molecule has 2 fully saturated rings. The molecule has 3 aromatic rings. The van der Waals surface area contributed by atoms with Crippen molar-refractivity contribution in [3.63, 3.8) is 0 Å². The fourth-order valence-electron chi connectivity index (χ4n) is 4.46. The molecule has 6 heteroatoms. The molecule has 2 aliphatic heterocycles. The molecular formula is C26H24N2O4. The topological polar surface area (TPSA) is 59.1 Å². The van der Waals surface area contributed by atoms with Crippen LogP contribution in [-0.2, 0) is 21.0 Å². The van der Waals surface area contributed by atoms with Crippen LogP contribution in [0.2, 0.25) is 0 Å². The molecule has 2 heterocycles. The summed E-state index contributed by atoms with van der Waals surface area (Å²) in [6.07, 6.45) is -0.844.